The summed E-state index contributed by atoms with van der Waals surface area (Å²) in [5.41, 5.74) is 0. The zero-order chi connectivity index (χ0) is 6.41. The Morgan fingerprint density at radius 2 is 2.38 bits per heavy atom. The second-order valence-electron chi connectivity index (χ2n) is 1.17. The molecule has 0 amide bonds. The Hall–Kier alpha value is -0.240. The highest BCUT2D eigenvalue weighted by atomic mass is 127. The van der Waals surface area contributed by atoms with Gasteiger partial charge in [-0.25, -0.2) is 0 Å². The lowest BCUT2D eigenvalue weighted by Gasteiger charge is -1.80. The predicted molar refractivity (Wildman–Crippen MR) is 38.7 cm³/mol. The third-order valence-electron chi connectivity index (χ3n) is 0.531. The normalized spacial score (nSPS) is 7.12. The van der Waals surface area contributed by atoms with E-state index in [2.05, 4.69) is 9.85 Å². The number of rotatable bonds is 2. The van der Waals surface area contributed by atoms with Crippen molar-refractivity contribution in [2.75, 3.05) is 0 Å². The smallest absolute Gasteiger partial charge is 0.304 e. The summed E-state index contributed by atoms with van der Waals surface area (Å²) in [5, 5.41) is 8.07. The standard InChI is InChI=1S/C5H5IO2/c6-4-2-1-3-5(7)8/h1,3H2,(H,7,8). The molecule has 0 bridgehead atoms. The van der Waals surface area contributed by atoms with Crippen LogP contribution < -0.4 is 0 Å². The number of aliphatic carboxylic acids is 1. The molecule has 0 aromatic carbocycles. The molecule has 0 aromatic rings. The Morgan fingerprint density at radius 3 is 2.75 bits per heavy atom. The van der Waals surface area contributed by atoms with Crippen LogP contribution in [0.4, 0.5) is 0 Å². The molecular formula is C5H5IO2. The second-order valence-corrected chi connectivity index (χ2v) is 1.70. The molecule has 0 aliphatic carbocycles. The molecule has 0 atom stereocenters. The monoisotopic (exact) mass is 224 g/mol. The fraction of sp³-hybridized carbons (Fsp3) is 0.400. The fourth-order valence-corrected chi connectivity index (χ4v) is 0.486. The van der Waals surface area contributed by atoms with E-state index >= 15 is 0 Å². The van der Waals surface area contributed by atoms with E-state index in [1.807, 2.05) is 22.6 Å². The van der Waals surface area contributed by atoms with Gasteiger partial charge in [0, 0.05) is 29.0 Å². The quantitative estimate of drug-likeness (QED) is 0.566. The van der Waals surface area contributed by atoms with E-state index in [1.54, 1.807) is 0 Å². The Morgan fingerprint density at radius 1 is 1.75 bits per heavy atom. The number of hydrogen-bond donors (Lipinski definition) is 1. The second kappa shape index (κ2) is 4.91. The maximum Gasteiger partial charge on any atom is 0.304 e. The molecule has 1 N–H and O–H groups in total. The van der Waals surface area contributed by atoms with Gasteiger partial charge in [-0.15, -0.1) is 0 Å². The van der Waals surface area contributed by atoms with Crippen LogP contribution in [0.1, 0.15) is 12.8 Å². The van der Waals surface area contributed by atoms with Crippen LogP contribution in [-0.2, 0) is 4.79 Å². The van der Waals surface area contributed by atoms with Crippen molar-refractivity contribution < 1.29 is 9.90 Å². The molecule has 0 aliphatic rings. The molecule has 0 saturated heterocycles. The van der Waals surface area contributed by atoms with Crippen LogP contribution in [0, 0.1) is 9.85 Å². The maximum atomic E-state index is 9.80. The first-order chi connectivity index (χ1) is 3.77. The van der Waals surface area contributed by atoms with E-state index in [0.717, 1.165) is 0 Å². The molecule has 0 rings (SSSR count). The van der Waals surface area contributed by atoms with Gasteiger partial charge in [-0.1, -0.05) is 5.92 Å². The molecule has 44 valence electrons. The highest BCUT2D eigenvalue weighted by Crippen LogP contribution is 1.85. The van der Waals surface area contributed by atoms with E-state index < -0.39 is 5.97 Å². The van der Waals surface area contributed by atoms with Gasteiger partial charge in [0.15, 0.2) is 0 Å². The first-order valence-electron chi connectivity index (χ1n) is 2.07. The molecule has 3 heteroatoms. The van der Waals surface area contributed by atoms with Crippen LogP contribution in [-0.4, -0.2) is 11.1 Å². The van der Waals surface area contributed by atoms with E-state index in [0.29, 0.717) is 6.42 Å². The first-order valence-corrected chi connectivity index (χ1v) is 3.15. The van der Waals surface area contributed by atoms with Gasteiger partial charge in [0.1, 0.15) is 0 Å². The summed E-state index contributed by atoms with van der Waals surface area (Å²) in [6.45, 7) is 0. The summed E-state index contributed by atoms with van der Waals surface area (Å²) in [5.74, 6) is 1.85. The molecular weight excluding hydrogens is 219 g/mol. The Bertz CT molecular complexity index is 131. The van der Waals surface area contributed by atoms with Gasteiger partial charge in [-0.05, 0) is 3.93 Å². The average molecular weight is 224 g/mol. The molecule has 0 heterocycles. The van der Waals surface area contributed by atoms with E-state index in [4.69, 9.17) is 5.11 Å². The van der Waals surface area contributed by atoms with Crippen LogP contribution in [0.15, 0.2) is 0 Å². The minimum atomic E-state index is -0.788. The highest BCUT2D eigenvalue weighted by Gasteiger charge is 1.90. The van der Waals surface area contributed by atoms with Gasteiger partial charge in [0.05, 0.1) is 6.42 Å². The third-order valence-corrected chi connectivity index (χ3v) is 0.912. The fourth-order valence-electron chi connectivity index (χ4n) is 0.217. The molecule has 0 unspecified atom stereocenters. The van der Waals surface area contributed by atoms with Gasteiger partial charge in [0.2, 0.25) is 0 Å². The molecule has 0 fully saturated rings. The lowest BCUT2D eigenvalue weighted by atomic mass is 10.3. The SMILES string of the molecule is O=C(O)CCC#CI. The summed E-state index contributed by atoms with van der Waals surface area (Å²) in [4.78, 5) is 9.80. The summed E-state index contributed by atoms with van der Waals surface area (Å²) < 4.78 is 2.58. The summed E-state index contributed by atoms with van der Waals surface area (Å²) in [6.07, 6.45) is 0.605. The van der Waals surface area contributed by atoms with Crippen LogP contribution in [0.3, 0.4) is 0 Å². The minimum Gasteiger partial charge on any atom is -0.481 e. The van der Waals surface area contributed by atoms with E-state index in [9.17, 15) is 4.79 Å². The number of carboxylic acid groups (broad SMARTS) is 1. The Balaban J connectivity index is 3.14. The van der Waals surface area contributed by atoms with Crippen LogP contribution in [0.25, 0.3) is 0 Å². The Kier molecular flexibility index (Phi) is 4.76. The topological polar surface area (TPSA) is 37.3 Å². The number of hydrogen-bond acceptors (Lipinski definition) is 1. The lowest BCUT2D eigenvalue weighted by Crippen LogP contribution is -1.91. The molecule has 8 heavy (non-hydrogen) atoms. The van der Waals surface area contributed by atoms with Crippen molar-refractivity contribution in [3.63, 3.8) is 0 Å². The highest BCUT2D eigenvalue weighted by molar-refractivity contribution is 14.1. The van der Waals surface area contributed by atoms with Crippen LogP contribution >= 0.6 is 22.6 Å². The van der Waals surface area contributed by atoms with Crippen LogP contribution in [0.2, 0.25) is 0 Å². The third kappa shape index (κ3) is 5.76. The van der Waals surface area contributed by atoms with Crippen molar-refractivity contribution in [1.29, 1.82) is 0 Å². The Labute approximate surface area is 61.4 Å². The zero-order valence-electron chi connectivity index (χ0n) is 4.15. The zero-order valence-corrected chi connectivity index (χ0v) is 6.31. The van der Waals surface area contributed by atoms with Gasteiger partial charge in [-0.2, -0.15) is 0 Å². The minimum absolute atomic E-state index is 0.149. The number of carbonyl (C=O) groups is 1. The van der Waals surface area contributed by atoms with Gasteiger partial charge in [0.25, 0.3) is 0 Å². The van der Waals surface area contributed by atoms with Crippen molar-refractivity contribution in [1.82, 2.24) is 0 Å². The maximum absolute atomic E-state index is 9.80. The predicted octanol–water partition coefficient (Wildman–Crippen LogP) is 1.25. The molecule has 0 aliphatic heterocycles. The largest absolute Gasteiger partial charge is 0.481 e. The van der Waals surface area contributed by atoms with E-state index in [1.165, 1.54) is 0 Å². The van der Waals surface area contributed by atoms with Gasteiger partial charge < -0.3 is 5.11 Å². The number of halogens is 1. The van der Waals surface area contributed by atoms with Crippen molar-refractivity contribution >= 4 is 28.6 Å². The lowest BCUT2D eigenvalue weighted by molar-refractivity contribution is -0.136. The summed E-state index contributed by atoms with van der Waals surface area (Å²) in [6, 6.07) is 0. The average Bonchev–Trinajstić information content (AvgIpc) is 1.66. The molecule has 0 spiro atoms. The van der Waals surface area contributed by atoms with Crippen molar-refractivity contribution in [2.45, 2.75) is 12.8 Å². The van der Waals surface area contributed by atoms with E-state index in [-0.39, 0.29) is 6.42 Å². The molecule has 2 nitrogen and oxygen atoms in total. The van der Waals surface area contributed by atoms with Gasteiger partial charge in [-0.3, -0.25) is 4.79 Å². The van der Waals surface area contributed by atoms with Gasteiger partial charge >= 0.3 is 5.97 Å². The summed E-state index contributed by atoms with van der Waals surface area (Å²) in [7, 11) is 0. The first kappa shape index (κ1) is 7.76. The van der Waals surface area contributed by atoms with Crippen molar-refractivity contribution in [3.8, 4) is 9.85 Å². The van der Waals surface area contributed by atoms with Crippen molar-refractivity contribution in [3.05, 3.63) is 0 Å². The van der Waals surface area contributed by atoms with Crippen molar-refractivity contribution in [2.24, 2.45) is 0 Å². The molecule has 0 radical (unpaired) electrons. The summed E-state index contributed by atoms with van der Waals surface area (Å²) >= 11 is 1.88. The molecule has 0 saturated carbocycles. The number of carboxylic acids is 1. The molecule has 0 aromatic heterocycles. The van der Waals surface area contributed by atoms with Crippen LogP contribution in [0.5, 0.6) is 0 Å².